The number of rotatable bonds is 6. The van der Waals surface area contributed by atoms with Crippen molar-refractivity contribution in [2.45, 2.75) is 37.6 Å². The average Bonchev–Trinajstić information content (AvgIpc) is 2.74. The Morgan fingerprint density at radius 2 is 1.70 bits per heavy atom. The molecule has 1 fully saturated rings. The van der Waals surface area contributed by atoms with Gasteiger partial charge in [-0.25, -0.2) is 8.42 Å². The highest BCUT2D eigenvalue weighted by Crippen LogP contribution is 2.21. The molecule has 30 heavy (non-hydrogen) atoms. The lowest BCUT2D eigenvalue weighted by atomic mass is 9.96. The summed E-state index contributed by atoms with van der Waals surface area (Å²) in [6, 6.07) is 14.5. The summed E-state index contributed by atoms with van der Waals surface area (Å²) in [5.41, 5.74) is 0.839. The van der Waals surface area contributed by atoms with Crippen LogP contribution in [0.2, 0.25) is 0 Å². The summed E-state index contributed by atoms with van der Waals surface area (Å²) in [5.74, 6) is -0.385. The van der Waals surface area contributed by atoms with Crippen molar-refractivity contribution in [1.82, 2.24) is 10.2 Å². The van der Waals surface area contributed by atoms with Crippen LogP contribution in [0.25, 0.3) is 0 Å². The van der Waals surface area contributed by atoms with E-state index in [-0.39, 0.29) is 28.7 Å². The molecule has 1 heterocycles. The molecule has 7 nitrogen and oxygen atoms in total. The highest BCUT2D eigenvalue weighted by Gasteiger charge is 2.29. The summed E-state index contributed by atoms with van der Waals surface area (Å²) in [6.07, 6.45) is 1.54. The van der Waals surface area contributed by atoms with Gasteiger partial charge in [0, 0.05) is 30.4 Å². The molecule has 2 aromatic rings. The number of amides is 2. The van der Waals surface area contributed by atoms with Gasteiger partial charge in [-0.15, -0.1) is 0 Å². The Bertz CT molecular complexity index is 989. The van der Waals surface area contributed by atoms with Gasteiger partial charge in [0.25, 0.3) is 15.9 Å². The van der Waals surface area contributed by atoms with Crippen LogP contribution in [0, 0.1) is 5.92 Å². The molecule has 160 valence electrons. The van der Waals surface area contributed by atoms with Crippen LogP contribution >= 0.6 is 0 Å². The third-order valence-corrected chi connectivity index (χ3v) is 6.35. The standard InChI is InChI=1S/C22H27N3O4S/c1-16(2)23-21(26)18-7-6-14-25(15-18)22(27)17-10-12-19(13-11-17)24-30(28,29)20-8-4-3-5-9-20/h3-5,8-13,16,18,24H,6-7,14-15H2,1-2H3,(H,23,26). The van der Waals surface area contributed by atoms with Gasteiger partial charge < -0.3 is 10.2 Å². The molecule has 1 unspecified atom stereocenters. The number of nitrogens with one attached hydrogen (secondary N) is 2. The number of piperidine rings is 1. The Morgan fingerprint density at radius 1 is 1.03 bits per heavy atom. The minimum absolute atomic E-state index is 0.0202. The van der Waals surface area contributed by atoms with Crippen molar-refractivity contribution in [3.8, 4) is 0 Å². The lowest BCUT2D eigenvalue weighted by Crippen LogP contribution is -2.46. The van der Waals surface area contributed by atoms with E-state index in [1.807, 2.05) is 13.8 Å². The fourth-order valence-corrected chi connectivity index (χ4v) is 4.53. The molecule has 0 aliphatic carbocycles. The van der Waals surface area contributed by atoms with Gasteiger partial charge in [0.15, 0.2) is 0 Å². The molecule has 1 saturated heterocycles. The van der Waals surface area contributed by atoms with Gasteiger partial charge in [0.1, 0.15) is 0 Å². The Hall–Kier alpha value is -2.87. The monoisotopic (exact) mass is 429 g/mol. The number of carbonyl (C=O) groups is 2. The van der Waals surface area contributed by atoms with Crippen molar-refractivity contribution in [1.29, 1.82) is 0 Å². The van der Waals surface area contributed by atoms with Gasteiger partial charge in [-0.3, -0.25) is 14.3 Å². The molecule has 0 spiro atoms. The van der Waals surface area contributed by atoms with Gasteiger partial charge in [-0.05, 0) is 63.1 Å². The summed E-state index contributed by atoms with van der Waals surface area (Å²) in [7, 11) is -3.68. The van der Waals surface area contributed by atoms with E-state index in [9.17, 15) is 18.0 Å². The highest BCUT2D eigenvalue weighted by molar-refractivity contribution is 7.92. The average molecular weight is 430 g/mol. The van der Waals surface area contributed by atoms with Gasteiger partial charge in [0.05, 0.1) is 10.8 Å². The first kappa shape index (κ1) is 21.8. The number of likely N-dealkylation sites (tertiary alicyclic amines) is 1. The van der Waals surface area contributed by atoms with Crippen molar-refractivity contribution in [2.24, 2.45) is 5.92 Å². The van der Waals surface area contributed by atoms with E-state index in [2.05, 4.69) is 10.0 Å². The zero-order valence-corrected chi connectivity index (χ0v) is 18.0. The Morgan fingerprint density at radius 3 is 2.33 bits per heavy atom. The molecule has 0 bridgehead atoms. The van der Waals surface area contributed by atoms with E-state index in [0.717, 1.165) is 12.8 Å². The number of nitrogens with zero attached hydrogens (tertiary/aromatic N) is 1. The van der Waals surface area contributed by atoms with Crippen LogP contribution in [0.3, 0.4) is 0 Å². The molecule has 2 N–H and O–H groups in total. The maximum atomic E-state index is 12.9. The van der Waals surface area contributed by atoms with Crippen molar-refractivity contribution in [3.63, 3.8) is 0 Å². The number of hydrogen-bond acceptors (Lipinski definition) is 4. The second kappa shape index (κ2) is 9.30. The molecule has 2 amide bonds. The predicted molar refractivity (Wildman–Crippen MR) is 116 cm³/mol. The Labute approximate surface area is 177 Å². The molecular weight excluding hydrogens is 402 g/mol. The largest absolute Gasteiger partial charge is 0.354 e. The van der Waals surface area contributed by atoms with Crippen LogP contribution in [0.15, 0.2) is 59.5 Å². The number of sulfonamides is 1. The SMILES string of the molecule is CC(C)NC(=O)C1CCCN(C(=O)c2ccc(NS(=O)(=O)c3ccccc3)cc2)C1. The van der Waals surface area contributed by atoms with Crippen LogP contribution in [-0.4, -0.2) is 44.3 Å². The molecule has 1 aliphatic rings. The normalized spacial score (nSPS) is 16.9. The molecule has 3 rings (SSSR count). The third kappa shape index (κ3) is 5.38. The lowest BCUT2D eigenvalue weighted by Gasteiger charge is -2.32. The van der Waals surface area contributed by atoms with Crippen LogP contribution in [-0.2, 0) is 14.8 Å². The van der Waals surface area contributed by atoms with Gasteiger partial charge in [0.2, 0.25) is 5.91 Å². The first-order valence-electron chi connectivity index (χ1n) is 10.0. The van der Waals surface area contributed by atoms with Crippen LogP contribution < -0.4 is 10.0 Å². The first-order valence-corrected chi connectivity index (χ1v) is 11.5. The van der Waals surface area contributed by atoms with E-state index < -0.39 is 10.0 Å². The molecule has 1 atom stereocenters. The quantitative estimate of drug-likeness (QED) is 0.738. The minimum Gasteiger partial charge on any atom is -0.354 e. The summed E-state index contributed by atoms with van der Waals surface area (Å²) < 4.78 is 27.4. The second-order valence-electron chi connectivity index (χ2n) is 7.75. The summed E-state index contributed by atoms with van der Waals surface area (Å²) in [4.78, 5) is 27.0. The van der Waals surface area contributed by atoms with Crippen molar-refractivity contribution < 1.29 is 18.0 Å². The topological polar surface area (TPSA) is 95.6 Å². The number of hydrogen-bond donors (Lipinski definition) is 2. The fourth-order valence-electron chi connectivity index (χ4n) is 3.46. The molecule has 2 aromatic carbocycles. The van der Waals surface area contributed by atoms with Crippen LogP contribution in [0.1, 0.15) is 37.0 Å². The predicted octanol–water partition coefficient (Wildman–Crippen LogP) is 2.86. The smallest absolute Gasteiger partial charge is 0.261 e. The molecule has 1 aliphatic heterocycles. The second-order valence-corrected chi connectivity index (χ2v) is 9.43. The minimum atomic E-state index is -3.68. The van der Waals surface area contributed by atoms with Gasteiger partial charge in [-0.1, -0.05) is 18.2 Å². The summed E-state index contributed by atoms with van der Waals surface area (Å²) in [6.45, 7) is 4.82. The molecule has 8 heteroatoms. The van der Waals surface area contributed by atoms with Crippen molar-refractivity contribution >= 4 is 27.5 Å². The van der Waals surface area contributed by atoms with E-state index in [0.29, 0.717) is 24.3 Å². The zero-order chi connectivity index (χ0) is 21.7. The zero-order valence-electron chi connectivity index (χ0n) is 17.2. The van der Waals surface area contributed by atoms with Crippen molar-refractivity contribution in [3.05, 3.63) is 60.2 Å². The summed E-state index contributed by atoms with van der Waals surface area (Å²) in [5, 5.41) is 2.91. The fraction of sp³-hybridized carbons (Fsp3) is 0.364. The van der Waals surface area contributed by atoms with E-state index >= 15 is 0 Å². The number of benzene rings is 2. The van der Waals surface area contributed by atoms with Crippen LogP contribution in [0.4, 0.5) is 5.69 Å². The maximum Gasteiger partial charge on any atom is 0.261 e. The first-order chi connectivity index (χ1) is 14.3. The molecular formula is C22H27N3O4S. The number of anilines is 1. The third-order valence-electron chi connectivity index (χ3n) is 4.95. The molecule has 0 aromatic heterocycles. The van der Waals surface area contributed by atoms with E-state index in [1.54, 1.807) is 47.4 Å². The number of carbonyl (C=O) groups excluding carboxylic acids is 2. The Kier molecular flexibility index (Phi) is 6.77. The van der Waals surface area contributed by atoms with Gasteiger partial charge in [-0.2, -0.15) is 0 Å². The van der Waals surface area contributed by atoms with E-state index in [1.165, 1.54) is 12.1 Å². The Balaban J connectivity index is 1.65. The van der Waals surface area contributed by atoms with Crippen molar-refractivity contribution in [2.75, 3.05) is 17.8 Å². The lowest BCUT2D eigenvalue weighted by molar-refractivity contribution is -0.126. The highest BCUT2D eigenvalue weighted by atomic mass is 32.2. The summed E-state index contributed by atoms with van der Waals surface area (Å²) >= 11 is 0. The maximum absolute atomic E-state index is 12.9. The van der Waals surface area contributed by atoms with E-state index in [4.69, 9.17) is 0 Å². The van der Waals surface area contributed by atoms with Gasteiger partial charge >= 0.3 is 0 Å². The molecule has 0 radical (unpaired) electrons. The molecule has 0 saturated carbocycles. The van der Waals surface area contributed by atoms with Crippen LogP contribution in [0.5, 0.6) is 0 Å².